The highest BCUT2D eigenvalue weighted by atomic mass is 35.5. The van der Waals surface area contributed by atoms with Gasteiger partial charge in [-0.3, -0.25) is 4.72 Å². The minimum absolute atomic E-state index is 0.0249. The molecule has 0 radical (unpaired) electrons. The van der Waals surface area contributed by atoms with Gasteiger partial charge in [0.05, 0.1) is 11.4 Å². The van der Waals surface area contributed by atoms with E-state index in [-0.39, 0.29) is 28.3 Å². The topological polar surface area (TPSA) is 67.8 Å². The summed E-state index contributed by atoms with van der Waals surface area (Å²) in [6.45, 7) is 0. The fraction of sp³-hybridized carbons (Fsp3) is 0.632. The van der Waals surface area contributed by atoms with E-state index in [1.54, 1.807) is 4.72 Å². The number of rotatable bonds is 6. The molecular weight excluding hydrogens is 429 g/mol. The van der Waals surface area contributed by atoms with Crippen LogP contribution in [0.25, 0.3) is 0 Å². The summed E-state index contributed by atoms with van der Waals surface area (Å²) in [6, 6.07) is 4.02. The molecule has 1 aromatic rings. The number of halogens is 4. The van der Waals surface area contributed by atoms with Crippen molar-refractivity contribution in [3.63, 3.8) is 0 Å². The fourth-order valence-electron chi connectivity index (χ4n) is 3.86. The van der Waals surface area contributed by atoms with Crippen LogP contribution in [0.4, 0.5) is 18.9 Å². The lowest BCUT2D eigenvalue weighted by atomic mass is 9.83. The predicted octanol–water partition coefficient (Wildman–Crippen LogP) is 5.85. The minimum atomic E-state index is -5.57. The average molecular weight is 453 g/mol. The number of oxime groups is 1. The molecule has 0 amide bonds. The van der Waals surface area contributed by atoms with Crippen molar-refractivity contribution in [3.05, 3.63) is 28.8 Å². The zero-order valence-electron chi connectivity index (χ0n) is 15.8. The SMILES string of the molecule is O=S(=O)(Nc1ccc(Cl)cc1C(=NOC1CCCC1)C1CCCCC1)C(F)(F)F. The van der Waals surface area contributed by atoms with E-state index in [1.807, 2.05) is 0 Å². The molecule has 3 rings (SSSR count). The largest absolute Gasteiger partial charge is 0.516 e. The van der Waals surface area contributed by atoms with Crippen LogP contribution in [0.1, 0.15) is 63.4 Å². The number of sulfonamides is 1. The summed E-state index contributed by atoms with van der Waals surface area (Å²) >= 11 is 6.09. The highest BCUT2D eigenvalue weighted by Gasteiger charge is 2.46. The zero-order chi connectivity index (χ0) is 21.1. The van der Waals surface area contributed by atoms with Crippen LogP contribution in [-0.2, 0) is 14.9 Å². The molecule has 2 aliphatic rings. The van der Waals surface area contributed by atoms with Gasteiger partial charge in [0.15, 0.2) is 0 Å². The summed E-state index contributed by atoms with van der Waals surface area (Å²) in [5, 5.41) is 4.61. The van der Waals surface area contributed by atoms with Gasteiger partial charge < -0.3 is 4.84 Å². The van der Waals surface area contributed by atoms with Gasteiger partial charge in [0.25, 0.3) is 0 Å². The molecule has 0 bridgehead atoms. The predicted molar refractivity (Wildman–Crippen MR) is 107 cm³/mol. The fourth-order valence-corrected chi connectivity index (χ4v) is 4.62. The molecule has 29 heavy (non-hydrogen) atoms. The second-order valence-corrected chi connectivity index (χ2v) is 9.67. The Labute approximate surface area is 173 Å². The number of anilines is 1. The Morgan fingerprint density at radius 3 is 2.31 bits per heavy atom. The van der Waals surface area contributed by atoms with Crippen LogP contribution >= 0.6 is 11.6 Å². The number of benzene rings is 1. The maximum atomic E-state index is 12.9. The van der Waals surface area contributed by atoms with E-state index < -0.39 is 15.5 Å². The first-order valence-corrected chi connectivity index (χ1v) is 11.7. The van der Waals surface area contributed by atoms with Gasteiger partial charge in [-0.1, -0.05) is 36.0 Å². The number of nitrogens with zero attached hydrogens (tertiary/aromatic N) is 1. The van der Waals surface area contributed by atoms with Crippen molar-refractivity contribution in [1.82, 2.24) is 0 Å². The second-order valence-electron chi connectivity index (χ2n) is 7.56. The molecule has 0 aliphatic heterocycles. The number of nitrogens with one attached hydrogen (secondary N) is 1. The first-order chi connectivity index (χ1) is 13.7. The Kier molecular flexibility index (Phi) is 6.98. The number of hydrogen-bond donors (Lipinski definition) is 1. The highest BCUT2D eigenvalue weighted by molar-refractivity contribution is 7.93. The normalized spacial score (nSPS) is 20.1. The molecule has 0 aromatic heterocycles. The number of alkyl halides is 3. The van der Waals surface area contributed by atoms with Crippen molar-refractivity contribution >= 4 is 33.0 Å². The molecule has 2 saturated carbocycles. The lowest BCUT2D eigenvalue weighted by Crippen LogP contribution is -2.31. The van der Waals surface area contributed by atoms with Crippen molar-refractivity contribution in [2.75, 3.05) is 4.72 Å². The van der Waals surface area contributed by atoms with Gasteiger partial charge in [-0.15, -0.1) is 0 Å². The van der Waals surface area contributed by atoms with Crippen molar-refractivity contribution in [2.45, 2.75) is 69.4 Å². The van der Waals surface area contributed by atoms with Crippen molar-refractivity contribution in [2.24, 2.45) is 11.1 Å². The van der Waals surface area contributed by atoms with E-state index in [2.05, 4.69) is 5.16 Å². The first-order valence-electron chi connectivity index (χ1n) is 9.80. The van der Waals surface area contributed by atoms with Crippen molar-refractivity contribution < 1.29 is 26.4 Å². The molecule has 162 valence electrons. The maximum Gasteiger partial charge on any atom is 0.516 e. The molecule has 1 N–H and O–H groups in total. The van der Waals surface area contributed by atoms with Crippen LogP contribution in [0.3, 0.4) is 0 Å². The van der Waals surface area contributed by atoms with E-state index in [1.165, 1.54) is 18.2 Å². The number of hydrogen-bond acceptors (Lipinski definition) is 4. The smallest absolute Gasteiger partial charge is 0.392 e. The quantitative estimate of drug-likeness (QED) is 0.435. The molecule has 0 spiro atoms. The molecule has 0 saturated heterocycles. The van der Waals surface area contributed by atoms with Crippen LogP contribution in [0.2, 0.25) is 5.02 Å². The van der Waals surface area contributed by atoms with Crippen LogP contribution in [-0.4, -0.2) is 25.7 Å². The van der Waals surface area contributed by atoms with Gasteiger partial charge in [-0.25, -0.2) is 0 Å². The Morgan fingerprint density at radius 2 is 1.69 bits per heavy atom. The van der Waals surface area contributed by atoms with Gasteiger partial charge in [0.2, 0.25) is 0 Å². The molecule has 2 aliphatic carbocycles. The molecule has 10 heteroatoms. The van der Waals surface area contributed by atoms with E-state index in [4.69, 9.17) is 16.4 Å². The second kappa shape index (κ2) is 9.12. The molecule has 0 heterocycles. The summed E-state index contributed by atoms with van der Waals surface area (Å²) in [7, 11) is -5.57. The molecule has 0 unspecified atom stereocenters. The maximum absolute atomic E-state index is 12.9. The van der Waals surface area contributed by atoms with Crippen LogP contribution < -0.4 is 4.72 Å². The van der Waals surface area contributed by atoms with Crippen LogP contribution in [0, 0.1) is 5.92 Å². The highest BCUT2D eigenvalue weighted by Crippen LogP contribution is 2.34. The summed E-state index contributed by atoms with van der Waals surface area (Å²) in [4.78, 5) is 5.71. The Bertz CT molecular complexity index is 847. The van der Waals surface area contributed by atoms with E-state index in [0.717, 1.165) is 57.8 Å². The minimum Gasteiger partial charge on any atom is -0.392 e. The van der Waals surface area contributed by atoms with Gasteiger partial charge >= 0.3 is 15.5 Å². The molecular formula is C19H24ClF3N2O3S. The Morgan fingerprint density at radius 1 is 1.07 bits per heavy atom. The van der Waals surface area contributed by atoms with Gasteiger partial charge in [-0.05, 0) is 56.7 Å². The zero-order valence-corrected chi connectivity index (χ0v) is 17.4. The third-order valence-electron chi connectivity index (χ3n) is 5.40. The summed E-state index contributed by atoms with van der Waals surface area (Å²) in [6.07, 6.45) is 8.47. The van der Waals surface area contributed by atoms with Crippen molar-refractivity contribution in [3.8, 4) is 0 Å². The first kappa shape index (κ1) is 22.2. The summed E-state index contributed by atoms with van der Waals surface area (Å²) in [5.74, 6) is -0.0299. The summed E-state index contributed by atoms with van der Waals surface area (Å²) in [5.41, 5.74) is -4.94. The van der Waals surface area contributed by atoms with Gasteiger partial charge in [0.1, 0.15) is 6.10 Å². The molecule has 0 atom stereocenters. The monoisotopic (exact) mass is 452 g/mol. The van der Waals surface area contributed by atoms with E-state index in [9.17, 15) is 21.6 Å². The van der Waals surface area contributed by atoms with Crippen LogP contribution in [0.5, 0.6) is 0 Å². The molecule has 5 nitrogen and oxygen atoms in total. The summed E-state index contributed by atoms with van der Waals surface area (Å²) < 4.78 is 63.7. The molecule has 2 fully saturated rings. The van der Waals surface area contributed by atoms with Gasteiger partial charge in [0, 0.05) is 16.5 Å². The Hall–Kier alpha value is -1.48. The van der Waals surface area contributed by atoms with E-state index in [0.29, 0.717) is 5.71 Å². The van der Waals surface area contributed by atoms with Gasteiger partial charge in [-0.2, -0.15) is 21.6 Å². The van der Waals surface area contributed by atoms with Crippen LogP contribution in [0.15, 0.2) is 23.4 Å². The third kappa shape index (κ3) is 5.57. The molecule has 1 aromatic carbocycles. The van der Waals surface area contributed by atoms with E-state index >= 15 is 0 Å². The Balaban J connectivity index is 1.99. The van der Waals surface area contributed by atoms with Crippen molar-refractivity contribution in [1.29, 1.82) is 0 Å². The third-order valence-corrected chi connectivity index (χ3v) is 6.73. The lowest BCUT2D eigenvalue weighted by Gasteiger charge is -2.25. The standard InChI is InChI=1S/C19H24ClF3N2O3S/c20-14-10-11-17(25-29(26,27)19(21,22)23)16(12-14)18(13-6-2-1-3-7-13)24-28-15-8-4-5-9-15/h10-13,15,25H,1-9H2. The average Bonchev–Trinajstić information content (AvgIpc) is 3.17. The lowest BCUT2D eigenvalue weighted by molar-refractivity contribution is -0.0429.